The minimum absolute atomic E-state index is 0.0188. The van der Waals surface area contributed by atoms with Gasteiger partial charge in [0.25, 0.3) is 6.43 Å². The van der Waals surface area contributed by atoms with Crippen molar-refractivity contribution in [3.8, 4) is 5.75 Å². The highest BCUT2D eigenvalue weighted by Crippen LogP contribution is 2.43. The summed E-state index contributed by atoms with van der Waals surface area (Å²) in [7, 11) is 0. The summed E-state index contributed by atoms with van der Waals surface area (Å²) in [6, 6.07) is 2.59. The normalized spacial score (nSPS) is 23.7. The first kappa shape index (κ1) is 20.1. The molecular formula is C17H18Cl2F2N2O4. The van der Waals surface area contributed by atoms with E-state index in [1.165, 1.54) is 17.0 Å². The van der Waals surface area contributed by atoms with Gasteiger partial charge in [0.05, 0.1) is 29.1 Å². The highest BCUT2D eigenvalue weighted by molar-refractivity contribution is 6.42. The number of benzene rings is 1. The minimum atomic E-state index is -3.02. The van der Waals surface area contributed by atoms with Crippen LogP contribution in [0, 0.1) is 0 Å². The predicted octanol–water partition coefficient (Wildman–Crippen LogP) is 2.24. The second-order valence-electron chi connectivity index (χ2n) is 6.81. The van der Waals surface area contributed by atoms with Crippen molar-refractivity contribution >= 4 is 35.0 Å². The quantitative estimate of drug-likeness (QED) is 0.779. The fourth-order valence-corrected chi connectivity index (χ4v) is 4.19. The third-order valence-electron chi connectivity index (χ3n) is 5.04. The maximum atomic E-state index is 12.5. The van der Waals surface area contributed by atoms with Gasteiger partial charge in [0.1, 0.15) is 11.9 Å². The van der Waals surface area contributed by atoms with Gasteiger partial charge in [-0.3, -0.25) is 9.59 Å². The van der Waals surface area contributed by atoms with E-state index in [2.05, 4.69) is 0 Å². The average Bonchev–Trinajstić information content (AvgIpc) is 3.02. The Morgan fingerprint density at radius 3 is 2.67 bits per heavy atom. The van der Waals surface area contributed by atoms with Gasteiger partial charge in [0, 0.05) is 24.6 Å². The fraction of sp³-hybridized carbons (Fsp3) is 0.529. The molecule has 2 saturated heterocycles. The van der Waals surface area contributed by atoms with Gasteiger partial charge >= 0.3 is 0 Å². The van der Waals surface area contributed by atoms with Crippen LogP contribution in [-0.2, 0) is 9.59 Å². The van der Waals surface area contributed by atoms with Gasteiger partial charge in [-0.15, -0.1) is 0 Å². The summed E-state index contributed by atoms with van der Waals surface area (Å²) in [5.41, 5.74) is 0.456. The summed E-state index contributed by atoms with van der Waals surface area (Å²) in [5, 5.41) is 19.9. The van der Waals surface area contributed by atoms with E-state index >= 15 is 0 Å². The van der Waals surface area contributed by atoms with Crippen molar-refractivity contribution < 1.29 is 28.6 Å². The molecule has 3 rings (SSSR count). The van der Waals surface area contributed by atoms with E-state index in [4.69, 9.17) is 23.2 Å². The standard InChI is InChI=1S/C17H18Cl2F2N2O4/c18-10-1-2-11(24)15(16(10)19)8-3-9-6-22(7-14(27)23(9)5-8)13(26)4-12(25)17(20)21/h1-2,8-9,12,17,24-25H,3-7H2/t8-,9-,12-/m0/s1. The highest BCUT2D eigenvalue weighted by atomic mass is 35.5. The van der Waals surface area contributed by atoms with Crippen molar-refractivity contribution in [2.75, 3.05) is 19.6 Å². The van der Waals surface area contributed by atoms with Crippen LogP contribution >= 0.6 is 23.2 Å². The molecule has 2 amide bonds. The van der Waals surface area contributed by atoms with Gasteiger partial charge in [-0.25, -0.2) is 8.78 Å². The Hall–Kier alpha value is -1.64. The molecule has 0 unspecified atom stereocenters. The zero-order chi connectivity index (χ0) is 19.9. The molecule has 148 valence electrons. The number of hydrogen-bond acceptors (Lipinski definition) is 4. The van der Waals surface area contributed by atoms with Crippen molar-refractivity contribution in [2.45, 2.75) is 37.3 Å². The van der Waals surface area contributed by atoms with Crippen LogP contribution in [0.1, 0.15) is 24.3 Å². The molecular weight excluding hydrogens is 405 g/mol. The molecule has 27 heavy (non-hydrogen) atoms. The van der Waals surface area contributed by atoms with Gasteiger partial charge in [-0.05, 0) is 18.6 Å². The van der Waals surface area contributed by atoms with Crippen LogP contribution in [0.25, 0.3) is 0 Å². The molecule has 2 N–H and O–H groups in total. The first-order valence-corrected chi connectivity index (χ1v) is 9.15. The summed E-state index contributed by atoms with van der Waals surface area (Å²) in [6.07, 6.45) is -5.36. The monoisotopic (exact) mass is 422 g/mol. The average molecular weight is 423 g/mol. The lowest BCUT2D eigenvalue weighted by Gasteiger charge is -2.37. The Balaban J connectivity index is 1.74. The lowest BCUT2D eigenvalue weighted by Crippen LogP contribution is -2.55. The summed E-state index contributed by atoms with van der Waals surface area (Å²) in [4.78, 5) is 27.4. The Morgan fingerprint density at radius 1 is 1.30 bits per heavy atom. The molecule has 3 atom stereocenters. The number of phenols is 1. The molecule has 6 nitrogen and oxygen atoms in total. The van der Waals surface area contributed by atoms with Crippen LogP contribution in [0.15, 0.2) is 12.1 Å². The number of carbonyl (C=O) groups excluding carboxylic acids is 2. The lowest BCUT2D eigenvalue weighted by atomic mass is 9.95. The topological polar surface area (TPSA) is 81.1 Å². The number of nitrogens with zero attached hydrogens (tertiary/aromatic N) is 2. The van der Waals surface area contributed by atoms with E-state index in [1.54, 1.807) is 4.90 Å². The molecule has 0 bridgehead atoms. The number of phenolic OH excluding ortho intramolecular Hbond substituents is 1. The lowest BCUT2D eigenvalue weighted by molar-refractivity contribution is -0.149. The number of alkyl halides is 2. The van der Waals surface area contributed by atoms with E-state index in [0.29, 0.717) is 23.6 Å². The minimum Gasteiger partial charge on any atom is -0.508 e. The van der Waals surface area contributed by atoms with E-state index in [-0.39, 0.29) is 41.7 Å². The van der Waals surface area contributed by atoms with Crippen LogP contribution in [-0.4, -0.2) is 70.0 Å². The Bertz CT molecular complexity index is 765. The van der Waals surface area contributed by atoms with Gasteiger partial charge in [0.15, 0.2) is 0 Å². The third-order valence-corrected chi connectivity index (χ3v) is 5.86. The number of fused-ring (bicyclic) bond motifs is 1. The second-order valence-corrected chi connectivity index (χ2v) is 7.59. The number of carbonyl (C=O) groups is 2. The van der Waals surface area contributed by atoms with E-state index < -0.39 is 24.9 Å². The first-order chi connectivity index (χ1) is 12.7. The number of halogens is 4. The summed E-state index contributed by atoms with van der Waals surface area (Å²) >= 11 is 12.2. The van der Waals surface area contributed by atoms with Crippen LogP contribution < -0.4 is 0 Å². The Labute approximate surface area is 164 Å². The molecule has 2 heterocycles. The van der Waals surface area contributed by atoms with Crippen molar-refractivity contribution in [3.63, 3.8) is 0 Å². The van der Waals surface area contributed by atoms with Crippen molar-refractivity contribution in [3.05, 3.63) is 27.7 Å². The smallest absolute Gasteiger partial charge is 0.264 e. The number of piperazine rings is 1. The van der Waals surface area contributed by atoms with Crippen LogP contribution in [0.3, 0.4) is 0 Å². The van der Waals surface area contributed by atoms with E-state index in [1.807, 2.05) is 0 Å². The molecule has 0 aromatic heterocycles. The van der Waals surface area contributed by atoms with Gasteiger partial charge in [0.2, 0.25) is 11.8 Å². The third kappa shape index (κ3) is 3.97. The summed E-state index contributed by atoms with van der Waals surface area (Å²) in [6.45, 7) is 0.266. The molecule has 0 radical (unpaired) electrons. The van der Waals surface area contributed by atoms with Gasteiger partial charge in [-0.2, -0.15) is 0 Å². The van der Waals surface area contributed by atoms with Crippen LogP contribution in [0.2, 0.25) is 10.0 Å². The zero-order valence-electron chi connectivity index (χ0n) is 14.1. The second kappa shape index (κ2) is 7.77. The van der Waals surface area contributed by atoms with Crippen LogP contribution in [0.4, 0.5) is 8.78 Å². The molecule has 0 saturated carbocycles. The molecule has 0 aliphatic carbocycles. The number of amides is 2. The summed E-state index contributed by atoms with van der Waals surface area (Å²) in [5.74, 6) is -1.28. The molecule has 1 aromatic carbocycles. The molecule has 2 aliphatic heterocycles. The van der Waals surface area contributed by atoms with E-state index in [0.717, 1.165) is 0 Å². The number of hydrogen-bond donors (Lipinski definition) is 2. The van der Waals surface area contributed by atoms with Crippen molar-refractivity contribution in [1.82, 2.24) is 9.80 Å². The van der Waals surface area contributed by atoms with Gasteiger partial charge < -0.3 is 20.0 Å². The van der Waals surface area contributed by atoms with Crippen molar-refractivity contribution in [1.29, 1.82) is 0 Å². The Morgan fingerprint density at radius 2 is 2.00 bits per heavy atom. The maximum absolute atomic E-state index is 12.5. The number of aromatic hydroxyl groups is 1. The molecule has 2 aliphatic rings. The molecule has 10 heteroatoms. The number of rotatable bonds is 4. The SMILES string of the molecule is O=C(C[C@H](O)C(F)F)N1CC(=O)N2C[C@@H](c3c(O)ccc(Cl)c3Cl)C[C@H]2C1. The highest BCUT2D eigenvalue weighted by Gasteiger charge is 2.43. The predicted molar refractivity (Wildman–Crippen MR) is 94.2 cm³/mol. The van der Waals surface area contributed by atoms with Crippen LogP contribution in [0.5, 0.6) is 5.75 Å². The zero-order valence-corrected chi connectivity index (χ0v) is 15.6. The first-order valence-electron chi connectivity index (χ1n) is 8.39. The number of aliphatic hydroxyl groups excluding tert-OH is 1. The maximum Gasteiger partial charge on any atom is 0.264 e. The largest absolute Gasteiger partial charge is 0.508 e. The molecule has 1 aromatic rings. The van der Waals surface area contributed by atoms with Gasteiger partial charge in [-0.1, -0.05) is 23.2 Å². The molecule has 2 fully saturated rings. The Kier molecular flexibility index (Phi) is 5.79. The molecule has 0 spiro atoms. The number of aliphatic hydroxyl groups is 1. The fourth-order valence-electron chi connectivity index (χ4n) is 3.71. The van der Waals surface area contributed by atoms with E-state index in [9.17, 15) is 28.6 Å². The summed E-state index contributed by atoms with van der Waals surface area (Å²) < 4.78 is 24.9. The van der Waals surface area contributed by atoms with Crippen molar-refractivity contribution in [2.24, 2.45) is 0 Å².